The average Bonchev–Trinajstić information content (AvgIpc) is 2.31. The maximum atomic E-state index is 12.0. The normalized spacial score (nSPS) is 12.5. The smallest absolute Gasteiger partial charge is 0.408 e. The molecule has 1 atom stereocenters. The van der Waals surface area contributed by atoms with E-state index in [4.69, 9.17) is 9.47 Å². The molecule has 122 valence electrons. The van der Waals surface area contributed by atoms with E-state index in [1.54, 1.807) is 41.5 Å². The summed E-state index contributed by atoms with van der Waals surface area (Å²) in [4.78, 5) is 34.9. The molecule has 0 aliphatic carbocycles. The summed E-state index contributed by atoms with van der Waals surface area (Å²) in [7, 11) is 0. The van der Waals surface area contributed by atoms with Crippen LogP contribution >= 0.6 is 0 Å². The van der Waals surface area contributed by atoms with Crippen molar-refractivity contribution in [1.29, 1.82) is 0 Å². The summed E-state index contributed by atoms with van der Waals surface area (Å²) in [6, 6.07) is -0.783. The van der Waals surface area contributed by atoms with Gasteiger partial charge in [-0.15, -0.1) is 0 Å². The number of carbonyl (C=O) groups excluding carboxylic acids is 3. The SMILES string of the molecule is CCOC(=O)CNC(=O)C(NC(=O)OC(C)(C)C)C(C)C. The van der Waals surface area contributed by atoms with Crippen LogP contribution in [0.5, 0.6) is 0 Å². The molecule has 0 aliphatic rings. The number of carbonyl (C=O) groups is 3. The number of amides is 2. The molecular formula is C14H26N2O5. The Morgan fingerprint density at radius 3 is 2.14 bits per heavy atom. The molecule has 2 amide bonds. The molecule has 2 N–H and O–H groups in total. The third-order valence-corrected chi connectivity index (χ3v) is 2.33. The minimum absolute atomic E-state index is 0.153. The molecule has 0 aromatic rings. The molecule has 0 fully saturated rings. The number of ether oxygens (including phenoxy) is 2. The Labute approximate surface area is 125 Å². The maximum absolute atomic E-state index is 12.0. The molecule has 0 aliphatic heterocycles. The van der Waals surface area contributed by atoms with Gasteiger partial charge in [0.2, 0.25) is 5.91 Å². The van der Waals surface area contributed by atoms with Crippen LogP contribution in [-0.2, 0) is 19.1 Å². The van der Waals surface area contributed by atoms with E-state index in [1.165, 1.54) is 0 Å². The Balaban J connectivity index is 4.51. The van der Waals surface area contributed by atoms with Crippen LogP contribution in [0.3, 0.4) is 0 Å². The predicted octanol–water partition coefficient (Wildman–Crippen LogP) is 1.21. The Hall–Kier alpha value is -1.79. The van der Waals surface area contributed by atoms with Gasteiger partial charge in [-0.1, -0.05) is 13.8 Å². The van der Waals surface area contributed by atoms with Crippen LogP contribution in [0.1, 0.15) is 41.5 Å². The van der Waals surface area contributed by atoms with Crippen LogP contribution in [0, 0.1) is 5.92 Å². The van der Waals surface area contributed by atoms with Crippen molar-refractivity contribution in [3.63, 3.8) is 0 Å². The monoisotopic (exact) mass is 302 g/mol. The zero-order valence-corrected chi connectivity index (χ0v) is 13.6. The summed E-state index contributed by atoms with van der Waals surface area (Å²) < 4.78 is 9.82. The second-order valence-electron chi connectivity index (χ2n) is 5.89. The van der Waals surface area contributed by atoms with Gasteiger partial charge in [-0.3, -0.25) is 9.59 Å². The lowest BCUT2D eigenvalue weighted by Gasteiger charge is -2.25. The standard InChI is InChI=1S/C14H26N2O5/c1-7-20-10(17)8-15-12(18)11(9(2)3)16-13(19)21-14(4,5)6/h9,11H,7-8H2,1-6H3,(H,15,18)(H,16,19). The fourth-order valence-corrected chi connectivity index (χ4v) is 1.45. The molecule has 0 bridgehead atoms. The van der Waals surface area contributed by atoms with Gasteiger partial charge in [-0.05, 0) is 33.6 Å². The highest BCUT2D eigenvalue weighted by atomic mass is 16.6. The largest absolute Gasteiger partial charge is 0.465 e. The number of esters is 1. The molecule has 0 saturated carbocycles. The number of hydrogen-bond acceptors (Lipinski definition) is 5. The second-order valence-corrected chi connectivity index (χ2v) is 5.89. The molecular weight excluding hydrogens is 276 g/mol. The van der Waals surface area contributed by atoms with Gasteiger partial charge in [0, 0.05) is 0 Å². The van der Waals surface area contributed by atoms with E-state index in [0.29, 0.717) is 0 Å². The summed E-state index contributed by atoms with van der Waals surface area (Å²) in [5.41, 5.74) is -0.646. The van der Waals surface area contributed by atoms with E-state index in [1.807, 2.05) is 0 Å². The third-order valence-electron chi connectivity index (χ3n) is 2.33. The van der Waals surface area contributed by atoms with E-state index >= 15 is 0 Å². The molecule has 0 aromatic carbocycles. The first kappa shape index (κ1) is 19.2. The maximum Gasteiger partial charge on any atom is 0.408 e. The van der Waals surface area contributed by atoms with Crippen molar-refractivity contribution in [1.82, 2.24) is 10.6 Å². The Morgan fingerprint density at radius 1 is 1.14 bits per heavy atom. The highest BCUT2D eigenvalue weighted by Crippen LogP contribution is 2.08. The van der Waals surface area contributed by atoms with Crippen LogP contribution in [0.15, 0.2) is 0 Å². The summed E-state index contributed by atoms with van der Waals surface area (Å²) in [6.45, 7) is 10.5. The minimum atomic E-state index is -0.783. The van der Waals surface area contributed by atoms with Gasteiger partial charge < -0.3 is 20.1 Å². The zero-order valence-electron chi connectivity index (χ0n) is 13.6. The van der Waals surface area contributed by atoms with Crippen molar-refractivity contribution in [3.05, 3.63) is 0 Å². The lowest BCUT2D eigenvalue weighted by molar-refractivity contribution is -0.143. The molecule has 0 aromatic heterocycles. The number of rotatable bonds is 6. The Kier molecular flexibility index (Phi) is 7.76. The van der Waals surface area contributed by atoms with Gasteiger partial charge in [0.25, 0.3) is 0 Å². The van der Waals surface area contributed by atoms with Crippen LogP contribution in [-0.4, -0.2) is 42.8 Å². The van der Waals surface area contributed by atoms with Gasteiger partial charge in [-0.25, -0.2) is 4.79 Å². The van der Waals surface area contributed by atoms with Crippen molar-refractivity contribution in [2.75, 3.05) is 13.2 Å². The fraction of sp³-hybridized carbons (Fsp3) is 0.786. The second kappa shape index (κ2) is 8.49. The minimum Gasteiger partial charge on any atom is -0.465 e. The molecule has 0 radical (unpaired) electrons. The van der Waals surface area contributed by atoms with E-state index in [2.05, 4.69) is 10.6 Å². The van der Waals surface area contributed by atoms with E-state index in [0.717, 1.165) is 0 Å². The highest BCUT2D eigenvalue weighted by Gasteiger charge is 2.27. The summed E-state index contributed by atoms with van der Waals surface area (Å²) in [5.74, 6) is -1.13. The summed E-state index contributed by atoms with van der Waals surface area (Å²) >= 11 is 0. The molecule has 1 unspecified atom stereocenters. The number of hydrogen-bond donors (Lipinski definition) is 2. The summed E-state index contributed by atoms with van der Waals surface area (Å²) in [6.07, 6.45) is -0.674. The van der Waals surface area contributed by atoms with Gasteiger partial charge in [0.15, 0.2) is 0 Å². The fourth-order valence-electron chi connectivity index (χ4n) is 1.45. The molecule has 0 rings (SSSR count). The quantitative estimate of drug-likeness (QED) is 0.719. The zero-order chi connectivity index (χ0) is 16.6. The van der Waals surface area contributed by atoms with E-state index in [9.17, 15) is 14.4 Å². The molecule has 21 heavy (non-hydrogen) atoms. The van der Waals surface area contributed by atoms with Crippen molar-refractivity contribution in [3.8, 4) is 0 Å². The van der Waals surface area contributed by atoms with Gasteiger partial charge in [0.05, 0.1) is 6.61 Å². The van der Waals surface area contributed by atoms with Crippen LogP contribution in [0.4, 0.5) is 4.79 Å². The molecule has 0 spiro atoms. The number of alkyl carbamates (subject to hydrolysis) is 1. The Bertz CT molecular complexity index is 374. The van der Waals surface area contributed by atoms with Crippen molar-refractivity contribution >= 4 is 18.0 Å². The van der Waals surface area contributed by atoms with Crippen molar-refractivity contribution in [2.24, 2.45) is 5.92 Å². The van der Waals surface area contributed by atoms with Crippen molar-refractivity contribution in [2.45, 2.75) is 53.2 Å². The van der Waals surface area contributed by atoms with Crippen LogP contribution in [0.25, 0.3) is 0 Å². The summed E-state index contributed by atoms with van der Waals surface area (Å²) in [5, 5.41) is 4.94. The highest BCUT2D eigenvalue weighted by molar-refractivity contribution is 5.88. The van der Waals surface area contributed by atoms with Gasteiger partial charge in [0.1, 0.15) is 18.2 Å². The molecule has 0 heterocycles. The van der Waals surface area contributed by atoms with Gasteiger partial charge in [-0.2, -0.15) is 0 Å². The predicted molar refractivity (Wildman–Crippen MR) is 77.6 cm³/mol. The van der Waals surface area contributed by atoms with E-state index < -0.39 is 29.6 Å². The molecule has 7 heteroatoms. The average molecular weight is 302 g/mol. The van der Waals surface area contributed by atoms with Gasteiger partial charge >= 0.3 is 12.1 Å². The Morgan fingerprint density at radius 2 is 1.71 bits per heavy atom. The van der Waals surface area contributed by atoms with Crippen LogP contribution < -0.4 is 10.6 Å². The molecule has 0 saturated heterocycles. The molecule has 7 nitrogen and oxygen atoms in total. The first-order valence-electron chi connectivity index (χ1n) is 6.99. The number of nitrogens with one attached hydrogen (secondary N) is 2. The lowest BCUT2D eigenvalue weighted by atomic mass is 10.0. The third kappa shape index (κ3) is 8.88. The van der Waals surface area contributed by atoms with Crippen LogP contribution in [0.2, 0.25) is 0 Å². The van der Waals surface area contributed by atoms with Crippen molar-refractivity contribution < 1.29 is 23.9 Å². The first-order valence-corrected chi connectivity index (χ1v) is 6.99. The van der Waals surface area contributed by atoms with E-state index in [-0.39, 0.29) is 19.1 Å². The lowest BCUT2D eigenvalue weighted by Crippen LogP contribution is -2.51. The topological polar surface area (TPSA) is 93.7 Å². The first-order chi connectivity index (χ1) is 9.56.